The van der Waals surface area contributed by atoms with Crippen LogP contribution in [-0.4, -0.2) is 23.5 Å². The van der Waals surface area contributed by atoms with Gasteiger partial charge in [0.05, 0.1) is 4.83 Å². The summed E-state index contributed by atoms with van der Waals surface area (Å²) in [7, 11) is 0. The molecule has 17 heavy (non-hydrogen) atoms. The molecule has 0 spiro atoms. The van der Waals surface area contributed by atoms with E-state index in [1.807, 2.05) is 20.8 Å². The number of alkyl halides is 1. The first-order valence-electron chi connectivity index (χ1n) is 5.61. The van der Waals surface area contributed by atoms with E-state index in [9.17, 15) is 4.79 Å². The van der Waals surface area contributed by atoms with Crippen molar-refractivity contribution in [2.45, 2.75) is 31.9 Å². The van der Waals surface area contributed by atoms with Crippen molar-refractivity contribution in [2.24, 2.45) is 0 Å². The van der Waals surface area contributed by atoms with E-state index in [-0.39, 0.29) is 16.9 Å². The van der Waals surface area contributed by atoms with Crippen molar-refractivity contribution in [3.63, 3.8) is 0 Å². The number of Topliss-reactive ketones (excluding diaryl/α,β-unsaturated/α-hetero) is 1. The Bertz CT molecular complexity index is 359. The van der Waals surface area contributed by atoms with Crippen LogP contribution in [0.5, 0.6) is 5.75 Å². The lowest BCUT2D eigenvalue weighted by molar-refractivity contribution is -0.0613. The fraction of sp³-hybridized carbons (Fsp3) is 0.462. The minimum Gasteiger partial charge on any atom is -0.465 e. The summed E-state index contributed by atoms with van der Waals surface area (Å²) in [4.78, 5) is 11.5. The average Bonchev–Trinajstić information content (AvgIpc) is 2.29. The zero-order valence-electron chi connectivity index (χ0n) is 10.3. The van der Waals surface area contributed by atoms with Crippen LogP contribution in [0.25, 0.3) is 0 Å². The molecule has 1 rings (SSSR count). The molecular weight excluding hydrogens is 284 g/mol. The topological polar surface area (TPSA) is 35.5 Å². The molecule has 0 heterocycles. The van der Waals surface area contributed by atoms with Crippen molar-refractivity contribution in [1.82, 2.24) is 0 Å². The van der Waals surface area contributed by atoms with Crippen LogP contribution < -0.4 is 4.74 Å². The van der Waals surface area contributed by atoms with Crippen LogP contribution in [0, 0.1) is 0 Å². The van der Waals surface area contributed by atoms with E-state index in [1.54, 1.807) is 24.3 Å². The lowest BCUT2D eigenvalue weighted by Crippen LogP contribution is -2.16. The summed E-state index contributed by atoms with van der Waals surface area (Å²) in [6, 6.07) is 7.07. The Morgan fingerprint density at radius 2 is 1.88 bits per heavy atom. The van der Waals surface area contributed by atoms with Crippen molar-refractivity contribution in [1.29, 1.82) is 0 Å². The number of hydrogen-bond donors (Lipinski definition) is 0. The zero-order chi connectivity index (χ0) is 12.8. The Morgan fingerprint density at radius 1 is 1.29 bits per heavy atom. The highest BCUT2D eigenvalue weighted by Gasteiger charge is 2.11. The van der Waals surface area contributed by atoms with E-state index in [2.05, 4.69) is 15.9 Å². The minimum absolute atomic E-state index is 0.0643. The number of rotatable bonds is 6. The molecule has 2 unspecified atom stereocenters. The van der Waals surface area contributed by atoms with Gasteiger partial charge in [0, 0.05) is 12.2 Å². The van der Waals surface area contributed by atoms with Gasteiger partial charge in [-0.3, -0.25) is 4.79 Å². The summed E-state index contributed by atoms with van der Waals surface area (Å²) in [6.07, 6.45) is -0.281. The van der Waals surface area contributed by atoms with E-state index in [1.165, 1.54) is 0 Å². The van der Waals surface area contributed by atoms with Crippen LogP contribution in [0.2, 0.25) is 0 Å². The number of ether oxygens (including phenoxy) is 2. The Kier molecular flexibility index (Phi) is 5.65. The first-order valence-corrected chi connectivity index (χ1v) is 6.52. The molecule has 0 radical (unpaired) electrons. The number of hydrogen-bond acceptors (Lipinski definition) is 3. The van der Waals surface area contributed by atoms with Crippen LogP contribution >= 0.6 is 15.9 Å². The molecule has 0 fully saturated rings. The molecule has 0 amide bonds. The minimum atomic E-state index is -0.281. The molecule has 94 valence electrons. The van der Waals surface area contributed by atoms with Crippen LogP contribution in [0.3, 0.4) is 0 Å². The average molecular weight is 301 g/mol. The Morgan fingerprint density at radius 3 is 2.35 bits per heavy atom. The standard InChI is InChI=1S/C13H17BrO3/c1-4-16-10(3)17-12-7-5-11(6-8-12)13(15)9(2)14/h5-10H,4H2,1-3H3. The third-order valence-corrected chi connectivity index (χ3v) is 2.62. The zero-order valence-corrected chi connectivity index (χ0v) is 11.9. The fourth-order valence-electron chi connectivity index (χ4n) is 1.39. The van der Waals surface area contributed by atoms with Crippen molar-refractivity contribution >= 4 is 21.7 Å². The van der Waals surface area contributed by atoms with E-state index in [0.717, 1.165) is 0 Å². The highest BCUT2D eigenvalue weighted by Crippen LogP contribution is 2.16. The molecule has 0 aliphatic rings. The van der Waals surface area contributed by atoms with Gasteiger partial charge in [0.15, 0.2) is 12.1 Å². The van der Waals surface area contributed by atoms with Gasteiger partial charge in [0.1, 0.15) is 5.75 Å². The highest BCUT2D eigenvalue weighted by molar-refractivity contribution is 9.10. The molecule has 4 heteroatoms. The van der Waals surface area contributed by atoms with Gasteiger partial charge in [-0.2, -0.15) is 0 Å². The second-order valence-corrected chi connectivity index (χ2v) is 5.02. The summed E-state index contributed by atoms with van der Waals surface area (Å²) in [5.41, 5.74) is 0.672. The second kappa shape index (κ2) is 6.77. The molecule has 2 atom stereocenters. The number of carbonyl (C=O) groups is 1. The lowest BCUT2D eigenvalue weighted by atomic mass is 10.1. The Hall–Kier alpha value is -0.870. The predicted molar refractivity (Wildman–Crippen MR) is 70.9 cm³/mol. The Labute approximate surface area is 110 Å². The van der Waals surface area contributed by atoms with Crippen LogP contribution in [-0.2, 0) is 4.74 Å². The smallest absolute Gasteiger partial charge is 0.196 e. The molecule has 0 aliphatic carbocycles. The van der Waals surface area contributed by atoms with E-state index in [0.29, 0.717) is 17.9 Å². The van der Waals surface area contributed by atoms with Gasteiger partial charge in [-0.15, -0.1) is 0 Å². The van der Waals surface area contributed by atoms with E-state index < -0.39 is 0 Å². The number of benzene rings is 1. The Balaban J connectivity index is 2.65. The number of halogens is 1. The molecule has 0 aliphatic heterocycles. The van der Waals surface area contributed by atoms with E-state index >= 15 is 0 Å². The summed E-state index contributed by atoms with van der Waals surface area (Å²) < 4.78 is 10.8. The van der Waals surface area contributed by atoms with Gasteiger partial charge in [-0.1, -0.05) is 15.9 Å². The van der Waals surface area contributed by atoms with Gasteiger partial charge in [0.2, 0.25) is 0 Å². The maximum atomic E-state index is 11.7. The van der Waals surface area contributed by atoms with Gasteiger partial charge < -0.3 is 9.47 Å². The quantitative estimate of drug-likeness (QED) is 0.459. The first-order chi connectivity index (χ1) is 8.04. The molecular formula is C13H17BrO3. The second-order valence-electron chi connectivity index (χ2n) is 3.65. The first kappa shape index (κ1) is 14.2. The molecule has 0 bridgehead atoms. The SMILES string of the molecule is CCOC(C)Oc1ccc(C(=O)C(C)Br)cc1. The summed E-state index contributed by atoms with van der Waals surface area (Å²) in [5.74, 6) is 0.763. The maximum absolute atomic E-state index is 11.7. The van der Waals surface area contributed by atoms with Crippen molar-refractivity contribution < 1.29 is 14.3 Å². The van der Waals surface area contributed by atoms with Gasteiger partial charge in [0.25, 0.3) is 0 Å². The van der Waals surface area contributed by atoms with Crippen LogP contribution in [0.1, 0.15) is 31.1 Å². The summed E-state index contributed by atoms with van der Waals surface area (Å²) in [5, 5.41) is 0. The highest BCUT2D eigenvalue weighted by atomic mass is 79.9. The lowest BCUT2D eigenvalue weighted by Gasteiger charge is -2.14. The maximum Gasteiger partial charge on any atom is 0.196 e. The predicted octanol–water partition coefficient (Wildman–Crippen LogP) is 3.41. The van der Waals surface area contributed by atoms with Gasteiger partial charge in [-0.05, 0) is 45.0 Å². The largest absolute Gasteiger partial charge is 0.465 e. The summed E-state index contributed by atoms with van der Waals surface area (Å²) in [6.45, 7) is 6.17. The molecule has 0 N–H and O–H groups in total. The van der Waals surface area contributed by atoms with Gasteiger partial charge in [-0.25, -0.2) is 0 Å². The summed E-state index contributed by atoms with van der Waals surface area (Å²) >= 11 is 3.26. The fourth-order valence-corrected chi connectivity index (χ4v) is 1.65. The molecule has 1 aromatic carbocycles. The van der Waals surface area contributed by atoms with Gasteiger partial charge >= 0.3 is 0 Å². The molecule has 0 saturated heterocycles. The van der Waals surface area contributed by atoms with Crippen LogP contribution in [0.4, 0.5) is 0 Å². The molecule has 1 aromatic rings. The van der Waals surface area contributed by atoms with E-state index in [4.69, 9.17) is 9.47 Å². The third kappa shape index (κ3) is 4.48. The monoisotopic (exact) mass is 300 g/mol. The van der Waals surface area contributed by atoms with Crippen molar-refractivity contribution in [3.8, 4) is 5.75 Å². The third-order valence-electron chi connectivity index (χ3n) is 2.20. The van der Waals surface area contributed by atoms with Crippen molar-refractivity contribution in [3.05, 3.63) is 29.8 Å². The molecule has 0 aromatic heterocycles. The molecule has 3 nitrogen and oxygen atoms in total. The normalized spacial score (nSPS) is 14.1. The van der Waals surface area contributed by atoms with Crippen molar-refractivity contribution in [2.75, 3.05) is 6.61 Å². The molecule has 0 saturated carbocycles. The van der Waals surface area contributed by atoms with Crippen LogP contribution in [0.15, 0.2) is 24.3 Å². The number of carbonyl (C=O) groups excluding carboxylic acids is 1. The number of ketones is 1.